The predicted octanol–water partition coefficient (Wildman–Crippen LogP) is 4.88. The topological polar surface area (TPSA) is 32.3 Å². The number of hydrogen-bond donors (Lipinski definition) is 1. The van der Waals surface area contributed by atoms with Crippen LogP contribution in [0.25, 0.3) is 0 Å². The van der Waals surface area contributed by atoms with Gasteiger partial charge in [0, 0.05) is 23.6 Å². The minimum Gasteiger partial charge on any atom is -0.324 e. The molecule has 0 radical (unpaired) electrons. The zero-order valence-corrected chi connectivity index (χ0v) is 15.6. The van der Waals surface area contributed by atoms with E-state index in [9.17, 15) is 8.68 Å². The van der Waals surface area contributed by atoms with Crippen LogP contribution in [0, 0.1) is 13.8 Å². The molecule has 1 atom stereocenters. The largest absolute Gasteiger partial charge is 0.324 e. The lowest BCUT2D eigenvalue weighted by Crippen LogP contribution is -2.47. The number of halogens is 1. The molecular formula is C19H29FN2OS. The number of aryl methyl sites for hydroxylation is 2. The lowest BCUT2D eigenvalue weighted by molar-refractivity contribution is -0.122. The Labute approximate surface area is 149 Å². The van der Waals surface area contributed by atoms with E-state index in [4.69, 9.17) is 0 Å². The Morgan fingerprint density at radius 3 is 2.71 bits per heavy atom. The Morgan fingerprint density at radius 1 is 1.25 bits per heavy atom. The van der Waals surface area contributed by atoms with Gasteiger partial charge in [-0.25, -0.2) is 0 Å². The van der Waals surface area contributed by atoms with Crippen molar-refractivity contribution in [2.75, 3.05) is 24.2 Å². The molecule has 134 valence electrons. The average Bonchev–Trinajstić information content (AvgIpc) is 2.58. The Hall–Kier alpha value is -1.07. The van der Waals surface area contributed by atoms with Crippen LogP contribution in [0.4, 0.5) is 9.57 Å². The van der Waals surface area contributed by atoms with Gasteiger partial charge in [0.05, 0.1) is 6.04 Å². The average molecular weight is 353 g/mol. The smallest absolute Gasteiger partial charge is 0.241 e. The number of hydrogen-bond acceptors (Lipinski definition) is 3. The zero-order valence-electron chi connectivity index (χ0n) is 14.8. The Balaban J connectivity index is 1.92. The van der Waals surface area contributed by atoms with E-state index in [1.165, 1.54) is 0 Å². The van der Waals surface area contributed by atoms with Crippen LogP contribution in [0.2, 0.25) is 0 Å². The standard InChI is InChI=1S/C19H29FN2OS/c1-15-9-8-10-16(2)18(15)21-19(23)17-11-4-6-13-22(17)12-5-3-7-14-24-20/h8-10,17H,3-7,11-14H2,1-2H3,(H,21,23). The van der Waals surface area contributed by atoms with E-state index in [2.05, 4.69) is 10.2 Å². The van der Waals surface area contributed by atoms with Crippen molar-refractivity contribution in [3.8, 4) is 0 Å². The number of unbranched alkanes of at least 4 members (excludes halogenated alkanes) is 2. The highest BCUT2D eigenvalue weighted by Gasteiger charge is 2.28. The highest BCUT2D eigenvalue weighted by Crippen LogP contribution is 2.23. The number of rotatable bonds is 8. The molecule has 0 saturated carbocycles. The number of anilines is 1. The van der Waals surface area contributed by atoms with E-state index in [0.29, 0.717) is 17.9 Å². The molecule has 0 aliphatic carbocycles. The molecule has 5 heteroatoms. The van der Waals surface area contributed by atoms with Crippen molar-refractivity contribution >= 4 is 23.7 Å². The van der Waals surface area contributed by atoms with Crippen molar-refractivity contribution in [3.63, 3.8) is 0 Å². The Morgan fingerprint density at radius 2 is 2.00 bits per heavy atom. The molecule has 1 saturated heterocycles. The Bertz CT molecular complexity index is 518. The minimum absolute atomic E-state index is 0.0340. The molecule has 0 bridgehead atoms. The first-order valence-electron chi connectivity index (χ1n) is 8.98. The summed E-state index contributed by atoms with van der Waals surface area (Å²) in [5.74, 6) is 0.697. The number of carbonyl (C=O) groups excluding carboxylic acids is 1. The molecular weight excluding hydrogens is 323 g/mol. The van der Waals surface area contributed by atoms with E-state index < -0.39 is 0 Å². The first kappa shape index (κ1) is 19.3. The fourth-order valence-corrected chi connectivity index (χ4v) is 3.74. The quantitative estimate of drug-likeness (QED) is 0.677. The molecule has 3 nitrogen and oxygen atoms in total. The first-order chi connectivity index (χ1) is 11.6. The molecule has 2 rings (SSSR count). The van der Waals surface area contributed by atoms with Crippen molar-refractivity contribution in [2.45, 2.75) is 58.4 Å². The molecule has 1 amide bonds. The van der Waals surface area contributed by atoms with E-state index in [-0.39, 0.29) is 11.9 Å². The maximum atomic E-state index is 12.8. The highest BCUT2D eigenvalue weighted by molar-refractivity contribution is 7.94. The number of amides is 1. The molecule has 1 aliphatic rings. The summed E-state index contributed by atoms with van der Waals surface area (Å²) < 4.78 is 12.1. The summed E-state index contributed by atoms with van der Waals surface area (Å²) in [7, 11) is 0. The molecule has 1 N–H and O–H groups in total. The molecule has 1 heterocycles. The lowest BCUT2D eigenvalue weighted by Gasteiger charge is -2.35. The second kappa shape index (κ2) is 10.0. The van der Waals surface area contributed by atoms with Crippen molar-refractivity contribution in [1.29, 1.82) is 0 Å². The zero-order chi connectivity index (χ0) is 17.4. The van der Waals surface area contributed by atoms with Crippen LogP contribution in [-0.4, -0.2) is 35.7 Å². The molecule has 0 spiro atoms. The SMILES string of the molecule is Cc1cccc(C)c1NC(=O)C1CCCCN1CCCCCSF. The van der Waals surface area contributed by atoms with Gasteiger partial charge in [0.25, 0.3) is 0 Å². The van der Waals surface area contributed by atoms with Gasteiger partial charge in [-0.2, -0.15) is 3.89 Å². The predicted molar refractivity (Wildman–Crippen MR) is 101 cm³/mol. The maximum Gasteiger partial charge on any atom is 0.241 e. The van der Waals surface area contributed by atoms with Crippen LogP contribution >= 0.6 is 12.1 Å². The summed E-state index contributed by atoms with van der Waals surface area (Å²) in [5.41, 5.74) is 3.16. The third kappa shape index (κ3) is 5.49. The van der Waals surface area contributed by atoms with E-state index in [1.54, 1.807) is 0 Å². The number of para-hydroxylation sites is 1. The molecule has 1 aliphatic heterocycles. The third-order valence-corrected chi connectivity index (χ3v) is 5.26. The monoisotopic (exact) mass is 352 g/mol. The number of carbonyl (C=O) groups is 1. The molecule has 0 aromatic heterocycles. The summed E-state index contributed by atoms with van der Waals surface area (Å²) in [6.07, 6.45) is 6.17. The number of nitrogens with one attached hydrogen (secondary N) is 1. The van der Waals surface area contributed by atoms with Crippen molar-refractivity contribution in [2.24, 2.45) is 0 Å². The second-order valence-corrected chi connectivity index (χ2v) is 7.30. The molecule has 1 unspecified atom stereocenters. The van der Waals surface area contributed by atoms with Crippen molar-refractivity contribution in [3.05, 3.63) is 29.3 Å². The van der Waals surface area contributed by atoms with E-state index in [1.807, 2.05) is 32.0 Å². The van der Waals surface area contributed by atoms with E-state index in [0.717, 1.165) is 68.4 Å². The first-order valence-corrected chi connectivity index (χ1v) is 9.86. The van der Waals surface area contributed by atoms with Crippen molar-refractivity contribution in [1.82, 2.24) is 4.90 Å². The van der Waals surface area contributed by atoms with Crippen LogP contribution in [0.1, 0.15) is 49.7 Å². The summed E-state index contributed by atoms with van der Waals surface area (Å²) in [6, 6.07) is 6.05. The van der Waals surface area contributed by atoms with Crippen LogP contribution in [0.3, 0.4) is 0 Å². The van der Waals surface area contributed by atoms with Gasteiger partial charge in [-0.05, 0) is 63.7 Å². The van der Waals surface area contributed by atoms with Crippen LogP contribution < -0.4 is 5.32 Å². The van der Waals surface area contributed by atoms with Gasteiger partial charge in [0.1, 0.15) is 0 Å². The maximum absolute atomic E-state index is 12.8. The summed E-state index contributed by atoms with van der Waals surface area (Å²) in [4.78, 5) is 15.1. The van der Waals surface area contributed by atoms with Gasteiger partial charge in [-0.15, -0.1) is 0 Å². The summed E-state index contributed by atoms with van der Waals surface area (Å²) in [6.45, 7) is 5.98. The minimum atomic E-state index is -0.0340. The normalized spacial score (nSPS) is 18.5. The fraction of sp³-hybridized carbons (Fsp3) is 0.632. The van der Waals surface area contributed by atoms with Crippen LogP contribution in [0.5, 0.6) is 0 Å². The molecule has 24 heavy (non-hydrogen) atoms. The van der Waals surface area contributed by atoms with Gasteiger partial charge >= 0.3 is 0 Å². The van der Waals surface area contributed by atoms with Gasteiger partial charge in [-0.1, -0.05) is 31.0 Å². The van der Waals surface area contributed by atoms with Gasteiger partial charge in [0.15, 0.2) is 0 Å². The lowest BCUT2D eigenvalue weighted by atomic mass is 10.00. The van der Waals surface area contributed by atoms with E-state index >= 15 is 0 Å². The van der Waals surface area contributed by atoms with Gasteiger partial charge < -0.3 is 5.32 Å². The molecule has 1 aromatic rings. The highest BCUT2D eigenvalue weighted by atomic mass is 32.2. The molecule has 1 fully saturated rings. The number of benzene rings is 1. The fourth-order valence-electron chi connectivity index (χ4n) is 3.42. The second-order valence-electron chi connectivity index (χ2n) is 6.68. The third-order valence-electron chi connectivity index (χ3n) is 4.81. The number of piperidine rings is 1. The number of nitrogens with zero attached hydrogens (tertiary/aromatic N) is 1. The van der Waals surface area contributed by atoms with Crippen LogP contribution in [-0.2, 0) is 4.79 Å². The Kier molecular flexibility index (Phi) is 8.06. The summed E-state index contributed by atoms with van der Waals surface area (Å²) >= 11 is 0.419. The number of likely N-dealkylation sites (tertiary alicyclic amines) is 1. The van der Waals surface area contributed by atoms with Crippen LogP contribution in [0.15, 0.2) is 18.2 Å². The van der Waals surface area contributed by atoms with Gasteiger partial charge in [-0.3, -0.25) is 9.69 Å². The molecule has 1 aromatic carbocycles. The summed E-state index contributed by atoms with van der Waals surface area (Å²) in [5, 5.41) is 3.16. The van der Waals surface area contributed by atoms with Crippen molar-refractivity contribution < 1.29 is 8.68 Å². The van der Waals surface area contributed by atoms with Gasteiger partial charge in [0.2, 0.25) is 5.91 Å².